The van der Waals surface area contributed by atoms with Crippen molar-refractivity contribution in [2.24, 2.45) is 18.0 Å². The zero-order valence-corrected chi connectivity index (χ0v) is 16.8. The van der Waals surface area contributed by atoms with Gasteiger partial charge in [-0.1, -0.05) is 31.2 Å². The molecule has 1 aromatic heterocycles. The van der Waals surface area contributed by atoms with Crippen molar-refractivity contribution < 1.29 is 0 Å². The molecule has 6 heteroatoms. The molecule has 1 aliphatic heterocycles. The van der Waals surface area contributed by atoms with Gasteiger partial charge in [0.1, 0.15) is 0 Å². The minimum atomic E-state index is 0.698. The highest BCUT2D eigenvalue weighted by atomic mass is 15.3. The second-order valence-corrected chi connectivity index (χ2v) is 7.50. The maximum absolute atomic E-state index is 4.31. The summed E-state index contributed by atoms with van der Waals surface area (Å²) < 4.78 is 1.87. The van der Waals surface area contributed by atoms with Crippen molar-refractivity contribution in [3.63, 3.8) is 0 Å². The SMILES string of the molecule is CN=C(NCc1cccc(CN2CCC(C)CC2)c1)NCc1ccnn1C. The first-order valence-electron chi connectivity index (χ1n) is 9.85. The lowest BCUT2D eigenvalue weighted by Gasteiger charge is -2.30. The number of aliphatic imine (C=N–C) groups is 1. The van der Waals surface area contributed by atoms with E-state index in [1.165, 1.54) is 37.1 Å². The number of aryl methyl sites for hydroxylation is 1. The summed E-state index contributed by atoms with van der Waals surface area (Å²) in [4.78, 5) is 6.88. The maximum Gasteiger partial charge on any atom is 0.191 e. The monoisotopic (exact) mass is 368 g/mol. The molecule has 2 N–H and O–H groups in total. The number of likely N-dealkylation sites (tertiary alicyclic amines) is 1. The molecule has 0 aliphatic carbocycles. The molecular formula is C21H32N6. The minimum absolute atomic E-state index is 0.698. The number of hydrogen-bond donors (Lipinski definition) is 2. The van der Waals surface area contributed by atoms with Gasteiger partial charge in [0.25, 0.3) is 0 Å². The molecule has 0 bridgehead atoms. The number of benzene rings is 1. The lowest BCUT2D eigenvalue weighted by atomic mass is 9.98. The number of guanidine groups is 1. The summed E-state index contributed by atoms with van der Waals surface area (Å²) in [5.41, 5.74) is 3.79. The van der Waals surface area contributed by atoms with Gasteiger partial charge in [-0.05, 0) is 49.0 Å². The van der Waals surface area contributed by atoms with Crippen LogP contribution in [-0.4, -0.2) is 40.8 Å². The second kappa shape index (κ2) is 9.55. The van der Waals surface area contributed by atoms with Crippen LogP contribution < -0.4 is 10.6 Å². The summed E-state index contributed by atoms with van der Waals surface area (Å²) in [5.74, 6) is 1.68. The fourth-order valence-electron chi connectivity index (χ4n) is 3.47. The molecule has 2 aromatic rings. The largest absolute Gasteiger partial charge is 0.352 e. The standard InChI is InChI=1S/C21H32N6/c1-17-8-11-27(12-9-17)16-19-6-4-5-18(13-19)14-23-21(22-2)24-15-20-7-10-25-26(20)3/h4-7,10,13,17H,8-9,11-12,14-16H2,1-3H3,(H2,22,23,24). The van der Waals surface area contributed by atoms with E-state index in [-0.39, 0.29) is 0 Å². The van der Waals surface area contributed by atoms with Crippen LogP contribution in [-0.2, 0) is 26.7 Å². The molecule has 2 heterocycles. The number of rotatable bonds is 6. The van der Waals surface area contributed by atoms with Crippen molar-refractivity contribution in [1.29, 1.82) is 0 Å². The Labute approximate surface area is 162 Å². The average molecular weight is 369 g/mol. The summed E-state index contributed by atoms with van der Waals surface area (Å²) in [7, 11) is 3.74. The summed E-state index contributed by atoms with van der Waals surface area (Å²) in [6, 6.07) is 10.9. The van der Waals surface area contributed by atoms with Gasteiger partial charge in [0, 0.05) is 33.4 Å². The molecule has 0 saturated carbocycles. The molecule has 0 unspecified atom stereocenters. The van der Waals surface area contributed by atoms with Crippen LogP contribution in [0.3, 0.4) is 0 Å². The highest BCUT2D eigenvalue weighted by Gasteiger charge is 2.15. The van der Waals surface area contributed by atoms with Gasteiger partial charge in [0.2, 0.25) is 0 Å². The summed E-state index contributed by atoms with van der Waals surface area (Å²) in [5, 5.41) is 10.9. The van der Waals surface area contributed by atoms with Gasteiger partial charge in [-0.25, -0.2) is 0 Å². The highest BCUT2D eigenvalue weighted by molar-refractivity contribution is 5.79. The molecule has 27 heavy (non-hydrogen) atoms. The maximum atomic E-state index is 4.31. The molecule has 0 atom stereocenters. The van der Waals surface area contributed by atoms with Gasteiger partial charge in [0.05, 0.1) is 12.2 Å². The van der Waals surface area contributed by atoms with E-state index in [0.717, 1.165) is 30.7 Å². The summed E-state index contributed by atoms with van der Waals surface area (Å²) >= 11 is 0. The number of piperidine rings is 1. The van der Waals surface area contributed by atoms with Gasteiger partial charge in [-0.2, -0.15) is 5.10 Å². The van der Waals surface area contributed by atoms with Crippen molar-refractivity contribution in [1.82, 2.24) is 25.3 Å². The molecule has 1 fully saturated rings. The Hall–Kier alpha value is -2.34. The Morgan fingerprint density at radius 1 is 1.15 bits per heavy atom. The fraction of sp³-hybridized carbons (Fsp3) is 0.524. The Bertz CT molecular complexity index is 743. The molecule has 1 aromatic carbocycles. The van der Waals surface area contributed by atoms with E-state index in [1.54, 1.807) is 7.05 Å². The van der Waals surface area contributed by atoms with Gasteiger partial charge < -0.3 is 10.6 Å². The van der Waals surface area contributed by atoms with Gasteiger partial charge >= 0.3 is 0 Å². The Morgan fingerprint density at radius 2 is 1.89 bits per heavy atom. The second-order valence-electron chi connectivity index (χ2n) is 7.50. The number of nitrogens with one attached hydrogen (secondary N) is 2. The average Bonchev–Trinajstić information content (AvgIpc) is 3.09. The van der Waals surface area contributed by atoms with E-state index in [1.807, 2.05) is 24.0 Å². The van der Waals surface area contributed by atoms with Crippen molar-refractivity contribution >= 4 is 5.96 Å². The highest BCUT2D eigenvalue weighted by Crippen LogP contribution is 2.18. The van der Waals surface area contributed by atoms with Gasteiger partial charge in [-0.3, -0.25) is 14.6 Å². The quantitative estimate of drug-likeness (QED) is 0.608. The first-order chi connectivity index (χ1) is 13.1. The van der Waals surface area contributed by atoms with Gasteiger partial charge in [-0.15, -0.1) is 0 Å². The molecule has 146 valence electrons. The Morgan fingerprint density at radius 3 is 2.59 bits per heavy atom. The number of nitrogens with zero attached hydrogens (tertiary/aromatic N) is 4. The van der Waals surface area contributed by atoms with E-state index in [4.69, 9.17) is 0 Å². The Kier molecular flexibility index (Phi) is 6.87. The third kappa shape index (κ3) is 5.82. The zero-order valence-electron chi connectivity index (χ0n) is 16.8. The zero-order chi connectivity index (χ0) is 19.1. The van der Waals surface area contributed by atoms with Crippen LogP contribution in [0.25, 0.3) is 0 Å². The van der Waals surface area contributed by atoms with Crippen LogP contribution in [0.4, 0.5) is 0 Å². The van der Waals surface area contributed by atoms with E-state index in [2.05, 4.69) is 56.8 Å². The number of aromatic nitrogens is 2. The topological polar surface area (TPSA) is 57.5 Å². The first kappa shape index (κ1) is 19.4. The van der Waals surface area contributed by atoms with E-state index >= 15 is 0 Å². The predicted octanol–water partition coefficient (Wildman–Crippen LogP) is 2.52. The van der Waals surface area contributed by atoms with Crippen LogP contribution in [0.1, 0.15) is 36.6 Å². The summed E-state index contributed by atoms with van der Waals surface area (Å²) in [6.07, 6.45) is 4.45. The molecule has 3 rings (SSSR count). The summed E-state index contributed by atoms with van der Waals surface area (Å²) in [6.45, 7) is 7.30. The molecular weight excluding hydrogens is 336 g/mol. The predicted molar refractivity (Wildman–Crippen MR) is 110 cm³/mol. The molecule has 1 aliphatic rings. The van der Waals surface area contributed by atoms with Crippen molar-refractivity contribution in [3.8, 4) is 0 Å². The third-order valence-electron chi connectivity index (χ3n) is 5.32. The van der Waals surface area contributed by atoms with Crippen LogP contribution >= 0.6 is 0 Å². The molecule has 0 amide bonds. The minimum Gasteiger partial charge on any atom is -0.352 e. The first-order valence-corrected chi connectivity index (χ1v) is 9.85. The van der Waals surface area contributed by atoms with Crippen molar-refractivity contribution in [2.45, 2.75) is 39.4 Å². The third-order valence-corrected chi connectivity index (χ3v) is 5.32. The van der Waals surface area contributed by atoms with Crippen LogP contribution in [0, 0.1) is 5.92 Å². The molecule has 1 saturated heterocycles. The normalized spacial score (nSPS) is 16.5. The molecule has 0 spiro atoms. The van der Waals surface area contributed by atoms with E-state index < -0.39 is 0 Å². The molecule has 0 radical (unpaired) electrons. The van der Waals surface area contributed by atoms with Crippen molar-refractivity contribution in [3.05, 3.63) is 53.3 Å². The lowest BCUT2D eigenvalue weighted by molar-refractivity contribution is 0.185. The number of hydrogen-bond acceptors (Lipinski definition) is 3. The van der Waals surface area contributed by atoms with Crippen LogP contribution in [0.15, 0.2) is 41.5 Å². The van der Waals surface area contributed by atoms with Crippen molar-refractivity contribution in [2.75, 3.05) is 20.1 Å². The lowest BCUT2D eigenvalue weighted by Crippen LogP contribution is -2.36. The molecule has 6 nitrogen and oxygen atoms in total. The van der Waals surface area contributed by atoms with Crippen LogP contribution in [0.2, 0.25) is 0 Å². The van der Waals surface area contributed by atoms with Gasteiger partial charge in [0.15, 0.2) is 5.96 Å². The van der Waals surface area contributed by atoms with E-state index in [9.17, 15) is 0 Å². The van der Waals surface area contributed by atoms with Crippen LogP contribution in [0.5, 0.6) is 0 Å². The smallest absolute Gasteiger partial charge is 0.191 e. The fourth-order valence-corrected chi connectivity index (χ4v) is 3.47. The van der Waals surface area contributed by atoms with E-state index in [0.29, 0.717) is 6.54 Å². The Balaban J connectivity index is 1.49.